The first kappa shape index (κ1) is 16.5. The van der Waals surface area contributed by atoms with E-state index in [1.54, 1.807) is 18.2 Å². The molecule has 1 N–H and O–H groups in total. The third-order valence-electron chi connectivity index (χ3n) is 3.08. The molecule has 0 bridgehead atoms. The van der Waals surface area contributed by atoms with E-state index in [1.807, 2.05) is 38.1 Å². The summed E-state index contributed by atoms with van der Waals surface area (Å²) in [6.07, 6.45) is 0. The van der Waals surface area contributed by atoms with Gasteiger partial charge in [0, 0.05) is 9.26 Å². The van der Waals surface area contributed by atoms with Gasteiger partial charge in [0.05, 0.1) is 5.56 Å². The standard InChI is InChI=1S/C17H16INO3/c1-11-3-4-12(2)15(9-11)17(21)22-10-16(20)19-14-7-5-13(18)6-8-14/h3-9H,10H2,1-2H3,(H,19,20). The Morgan fingerprint density at radius 3 is 2.45 bits per heavy atom. The number of rotatable bonds is 4. The molecule has 0 saturated carbocycles. The zero-order chi connectivity index (χ0) is 16.1. The molecule has 2 aromatic carbocycles. The second kappa shape index (κ2) is 7.40. The van der Waals surface area contributed by atoms with Crippen LogP contribution in [0, 0.1) is 17.4 Å². The van der Waals surface area contributed by atoms with Crippen LogP contribution >= 0.6 is 22.6 Å². The van der Waals surface area contributed by atoms with Crippen molar-refractivity contribution in [2.24, 2.45) is 0 Å². The molecule has 22 heavy (non-hydrogen) atoms. The van der Waals surface area contributed by atoms with Crippen molar-refractivity contribution in [1.29, 1.82) is 0 Å². The smallest absolute Gasteiger partial charge is 0.338 e. The van der Waals surface area contributed by atoms with Gasteiger partial charge in [-0.25, -0.2) is 4.79 Å². The van der Waals surface area contributed by atoms with Crippen LogP contribution in [0.5, 0.6) is 0 Å². The highest BCUT2D eigenvalue weighted by Gasteiger charge is 2.13. The van der Waals surface area contributed by atoms with Crippen molar-refractivity contribution in [1.82, 2.24) is 0 Å². The molecule has 5 heteroatoms. The van der Waals surface area contributed by atoms with E-state index < -0.39 is 5.97 Å². The topological polar surface area (TPSA) is 55.4 Å². The van der Waals surface area contributed by atoms with Crippen LogP contribution in [0.4, 0.5) is 5.69 Å². The summed E-state index contributed by atoms with van der Waals surface area (Å²) in [5, 5.41) is 2.68. The second-order valence-corrected chi connectivity index (χ2v) is 6.20. The van der Waals surface area contributed by atoms with Gasteiger partial charge < -0.3 is 10.1 Å². The summed E-state index contributed by atoms with van der Waals surface area (Å²) in [5.74, 6) is -0.848. The van der Waals surface area contributed by atoms with Gasteiger partial charge in [0.15, 0.2) is 6.61 Å². The highest BCUT2D eigenvalue weighted by Crippen LogP contribution is 2.13. The fraction of sp³-hybridized carbons (Fsp3) is 0.176. The number of carbonyl (C=O) groups is 2. The maximum Gasteiger partial charge on any atom is 0.338 e. The van der Waals surface area contributed by atoms with Crippen molar-refractivity contribution in [3.63, 3.8) is 0 Å². The minimum Gasteiger partial charge on any atom is -0.452 e. The van der Waals surface area contributed by atoms with Gasteiger partial charge in [0.2, 0.25) is 0 Å². The van der Waals surface area contributed by atoms with Crippen molar-refractivity contribution in [2.45, 2.75) is 13.8 Å². The number of anilines is 1. The summed E-state index contributed by atoms with van der Waals surface area (Å²) in [5.41, 5.74) is 2.96. The van der Waals surface area contributed by atoms with Crippen molar-refractivity contribution >= 4 is 40.2 Å². The van der Waals surface area contributed by atoms with Crippen molar-refractivity contribution in [2.75, 3.05) is 11.9 Å². The Morgan fingerprint density at radius 1 is 1.09 bits per heavy atom. The summed E-state index contributed by atoms with van der Waals surface area (Å²) in [6.45, 7) is 3.43. The van der Waals surface area contributed by atoms with Gasteiger partial charge in [-0.05, 0) is 72.3 Å². The first-order chi connectivity index (χ1) is 10.5. The average Bonchev–Trinajstić information content (AvgIpc) is 2.49. The van der Waals surface area contributed by atoms with Crippen molar-refractivity contribution in [3.05, 3.63) is 62.7 Å². The molecule has 0 aliphatic carbocycles. The lowest BCUT2D eigenvalue weighted by molar-refractivity contribution is -0.119. The molecule has 0 saturated heterocycles. The molecule has 1 amide bonds. The van der Waals surface area contributed by atoms with Gasteiger partial charge in [0.25, 0.3) is 5.91 Å². The largest absolute Gasteiger partial charge is 0.452 e. The van der Waals surface area contributed by atoms with Crippen LogP contribution in [-0.4, -0.2) is 18.5 Å². The molecule has 4 nitrogen and oxygen atoms in total. The monoisotopic (exact) mass is 409 g/mol. The average molecular weight is 409 g/mol. The van der Waals surface area contributed by atoms with Crippen LogP contribution in [0.1, 0.15) is 21.5 Å². The summed E-state index contributed by atoms with van der Waals surface area (Å²) in [4.78, 5) is 23.8. The van der Waals surface area contributed by atoms with E-state index in [0.29, 0.717) is 11.3 Å². The maximum absolute atomic E-state index is 12.0. The number of halogens is 1. The Kier molecular flexibility index (Phi) is 5.54. The molecule has 0 unspecified atom stereocenters. The van der Waals surface area contributed by atoms with E-state index in [2.05, 4.69) is 27.9 Å². The number of benzene rings is 2. The maximum atomic E-state index is 12.0. The third kappa shape index (κ3) is 4.56. The Balaban J connectivity index is 1.91. The summed E-state index contributed by atoms with van der Waals surface area (Å²) in [7, 11) is 0. The summed E-state index contributed by atoms with van der Waals surface area (Å²) in [6, 6.07) is 12.9. The fourth-order valence-corrected chi connectivity index (χ4v) is 2.25. The number of hydrogen-bond donors (Lipinski definition) is 1. The van der Waals surface area contributed by atoms with Crippen LogP contribution in [0.25, 0.3) is 0 Å². The predicted molar refractivity (Wildman–Crippen MR) is 94.0 cm³/mol. The van der Waals surface area contributed by atoms with Gasteiger partial charge in [-0.3, -0.25) is 4.79 Å². The van der Waals surface area contributed by atoms with Crippen LogP contribution in [-0.2, 0) is 9.53 Å². The Morgan fingerprint density at radius 2 is 1.77 bits per heavy atom. The quantitative estimate of drug-likeness (QED) is 0.619. The van der Waals surface area contributed by atoms with E-state index in [9.17, 15) is 9.59 Å². The molecule has 0 aliphatic rings. The molecule has 0 atom stereocenters. The highest BCUT2D eigenvalue weighted by molar-refractivity contribution is 14.1. The van der Waals surface area contributed by atoms with Gasteiger partial charge in [-0.2, -0.15) is 0 Å². The number of ether oxygens (including phenoxy) is 1. The van der Waals surface area contributed by atoms with Gasteiger partial charge in [0.1, 0.15) is 0 Å². The van der Waals surface area contributed by atoms with E-state index in [1.165, 1.54) is 0 Å². The number of carbonyl (C=O) groups excluding carboxylic acids is 2. The van der Waals surface area contributed by atoms with E-state index in [0.717, 1.165) is 14.7 Å². The molecule has 0 heterocycles. The number of amides is 1. The van der Waals surface area contributed by atoms with Gasteiger partial charge in [-0.1, -0.05) is 17.7 Å². The van der Waals surface area contributed by atoms with Crippen molar-refractivity contribution in [3.8, 4) is 0 Å². The zero-order valence-corrected chi connectivity index (χ0v) is 14.5. The molecule has 0 spiro atoms. The minimum atomic E-state index is -0.487. The number of aryl methyl sites for hydroxylation is 2. The Labute approximate surface area is 143 Å². The molecule has 0 fully saturated rings. The van der Waals surface area contributed by atoms with Gasteiger partial charge >= 0.3 is 5.97 Å². The predicted octanol–water partition coefficient (Wildman–Crippen LogP) is 3.70. The minimum absolute atomic E-state index is 0.307. The Hall–Kier alpha value is -1.89. The molecule has 0 aliphatic heterocycles. The molecule has 2 rings (SSSR count). The lowest BCUT2D eigenvalue weighted by Gasteiger charge is -2.09. The van der Waals surface area contributed by atoms with Crippen LogP contribution < -0.4 is 5.32 Å². The van der Waals surface area contributed by atoms with E-state index in [-0.39, 0.29) is 12.5 Å². The van der Waals surface area contributed by atoms with Crippen molar-refractivity contribution < 1.29 is 14.3 Å². The van der Waals surface area contributed by atoms with E-state index >= 15 is 0 Å². The van der Waals surface area contributed by atoms with Gasteiger partial charge in [-0.15, -0.1) is 0 Å². The van der Waals surface area contributed by atoms with Crippen LogP contribution in [0.15, 0.2) is 42.5 Å². The summed E-state index contributed by atoms with van der Waals surface area (Å²) < 4.78 is 6.15. The molecule has 0 radical (unpaired) electrons. The number of nitrogens with one attached hydrogen (secondary N) is 1. The van der Waals surface area contributed by atoms with Crippen LogP contribution in [0.3, 0.4) is 0 Å². The summed E-state index contributed by atoms with van der Waals surface area (Å²) >= 11 is 2.19. The number of hydrogen-bond acceptors (Lipinski definition) is 3. The highest BCUT2D eigenvalue weighted by atomic mass is 127. The molecule has 2 aromatic rings. The molecular weight excluding hydrogens is 393 g/mol. The first-order valence-corrected chi connectivity index (χ1v) is 7.83. The first-order valence-electron chi connectivity index (χ1n) is 6.75. The van der Waals surface area contributed by atoms with E-state index in [4.69, 9.17) is 4.74 Å². The SMILES string of the molecule is Cc1ccc(C)c(C(=O)OCC(=O)Nc2ccc(I)cc2)c1. The lowest BCUT2D eigenvalue weighted by Crippen LogP contribution is -2.21. The Bertz CT molecular complexity index is 696. The van der Waals surface area contributed by atoms with Crippen LogP contribution in [0.2, 0.25) is 0 Å². The zero-order valence-electron chi connectivity index (χ0n) is 12.4. The molecule has 0 aromatic heterocycles. The molecular formula is C17H16INO3. The normalized spacial score (nSPS) is 10.1. The fourth-order valence-electron chi connectivity index (χ4n) is 1.89. The lowest BCUT2D eigenvalue weighted by atomic mass is 10.1. The molecule has 114 valence electrons. The third-order valence-corrected chi connectivity index (χ3v) is 3.79. The second-order valence-electron chi connectivity index (χ2n) is 4.95. The number of esters is 1.